The van der Waals surface area contributed by atoms with Crippen LogP contribution in [0, 0.1) is 5.92 Å². The number of carbonyl (C=O) groups is 2. The zero-order valence-corrected chi connectivity index (χ0v) is 21.3. The molecule has 1 atom stereocenters. The van der Waals surface area contributed by atoms with Crippen LogP contribution in [0.15, 0.2) is 36.4 Å². The number of nitrogens with zero attached hydrogens (tertiary/aromatic N) is 5. The number of rotatable bonds is 8. The van der Waals surface area contributed by atoms with Gasteiger partial charge in [-0.1, -0.05) is 43.6 Å². The second-order valence-electron chi connectivity index (χ2n) is 9.63. The summed E-state index contributed by atoms with van der Waals surface area (Å²) >= 11 is 6.27. The van der Waals surface area contributed by atoms with E-state index in [-0.39, 0.29) is 30.4 Å². The third-order valence-corrected chi connectivity index (χ3v) is 6.80. The number of piperazine rings is 1. The number of amides is 2. The van der Waals surface area contributed by atoms with Gasteiger partial charge in [0.1, 0.15) is 0 Å². The number of hydrogen-bond acceptors (Lipinski definition) is 6. The van der Waals surface area contributed by atoms with Crippen LogP contribution in [0.5, 0.6) is 0 Å². The molecular weight excluding hydrogens is 466 g/mol. The van der Waals surface area contributed by atoms with Crippen molar-refractivity contribution in [3.63, 3.8) is 0 Å². The number of benzene rings is 1. The first-order valence-electron chi connectivity index (χ1n) is 12.4. The first-order valence-corrected chi connectivity index (χ1v) is 12.8. The molecule has 2 aliphatic heterocycles. The zero-order valence-electron chi connectivity index (χ0n) is 20.5. The number of aromatic nitrogens is 2. The van der Waals surface area contributed by atoms with Gasteiger partial charge in [0.15, 0.2) is 5.82 Å². The molecule has 0 bridgehead atoms. The Bertz CT molecular complexity index is 1000. The Morgan fingerprint density at radius 2 is 1.89 bits per heavy atom. The van der Waals surface area contributed by atoms with Crippen LogP contribution in [0.3, 0.4) is 0 Å². The maximum absolute atomic E-state index is 13.1. The molecule has 2 aromatic rings. The van der Waals surface area contributed by atoms with Gasteiger partial charge in [-0.25, -0.2) is 0 Å². The molecule has 3 heterocycles. The van der Waals surface area contributed by atoms with Gasteiger partial charge in [-0.2, -0.15) is 0 Å². The number of hydrogen-bond donors (Lipinski definition) is 0. The first-order chi connectivity index (χ1) is 16.9. The standard InChI is InChI=1S/C26H34ClN5O3/c1-19(2)16-25(33)32(17-20-6-5-15-35-20)18-26(34)31-13-11-30(12-14-31)24-10-9-23(28-29-24)21-7-3-4-8-22(21)27/h3-4,7-10,19-20H,5-6,11-18H2,1-2H3/t20-/m0/s1. The Morgan fingerprint density at radius 3 is 2.51 bits per heavy atom. The van der Waals surface area contributed by atoms with Crippen LogP contribution in [-0.2, 0) is 14.3 Å². The van der Waals surface area contributed by atoms with Crippen molar-refractivity contribution in [3.8, 4) is 11.3 Å². The molecule has 2 saturated heterocycles. The molecule has 0 saturated carbocycles. The minimum Gasteiger partial charge on any atom is -0.376 e. The van der Waals surface area contributed by atoms with Crippen molar-refractivity contribution in [3.05, 3.63) is 41.4 Å². The van der Waals surface area contributed by atoms with E-state index >= 15 is 0 Å². The second kappa shape index (κ2) is 11.8. The molecule has 2 aliphatic rings. The summed E-state index contributed by atoms with van der Waals surface area (Å²) in [5, 5.41) is 9.39. The topological polar surface area (TPSA) is 78.9 Å². The number of carbonyl (C=O) groups excluding carboxylic acids is 2. The fourth-order valence-corrected chi connectivity index (χ4v) is 4.75. The van der Waals surface area contributed by atoms with E-state index in [1.54, 1.807) is 4.90 Å². The van der Waals surface area contributed by atoms with Crippen LogP contribution >= 0.6 is 11.6 Å². The Kier molecular flexibility index (Phi) is 8.57. The summed E-state index contributed by atoms with van der Waals surface area (Å²) in [5.41, 5.74) is 1.58. The van der Waals surface area contributed by atoms with Crippen molar-refractivity contribution >= 4 is 29.2 Å². The first kappa shape index (κ1) is 25.4. The molecule has 0 unspecified atom stereocenters. The lowest BCUT2D eigenvalue weighted by molar-refractivity contribution is -0.142. The number of ether oxygens (including phenoxy) is 1. The lowest BCUT2D eigenvalue weighted by atomic mass is 10.1. The van der Waals surface area contributed by atoms with Gasteiger partial charge in [0.05, 0.1) is 23.4 Å². The van der Waals surface area contributed by atoms with Crippen LogP contribution in [0.1, 0.15) is 33.1 Å². The molecule has 0 radical (unpaired) electrons. The lowest BCUT2D eigenvalue weighted by Crippen LogP contribution is -2.52. The van der Waals surface area contributed by atoms with Crippen LogP contribution in [0.25, 0.3) is 11.3 Å². The van der Waals surface area contributed by atoms with Gasteiger partial charge in [0, 0.05) is 51.3 Å². The molecule has 9 heteroatoms. The average molecular weight is 500 g/mol. The van der Waals surface area contributed by atoms with Crippen LogP contribution in [0.4, 0.5) is 5.82 Å². The maximum Gasteiger partial charge on any atom is 0.242 e. The Labute approximate surface area is 212 Å². The SMILES string of the molecule is CC(C)CC(=O)N(CC(=O)N1CCN(c2ccc(-c3ccccc3Cl)nn2)CC1)C[C@@H]1CCCO1. The summed E-state index contributed by atoms with van der Waals surface area (Å²) in [6, 6.07) is 11.4. The molecule has 2 fully saturated rings. The van der Waals surface area contributed by atoms with Crippen molar-refractivity contribution in [2.75, 3.05) is 50.8 Å². The molecule has 1 aromatic heterocycles. The van der Waals surface area contributed by atoms with Crippen LogP contribution in [-0.4, -0.2) is 83.8 Å². The molecule has 8 nitrogen and oxygen atoms in total. The molecule has 188 valence electrons. The average Bonchev–Trinajstić information content (AvgIpc) is 3.37. The second-order valence-corrected chi connectivity index (χ2v) is 10.0. The predicted octanol–water partition coefficient (Wildman–Crippen LogP) is 3.50. The minimum atomic E-state index is -0.0140. The zero-order chi connectivity index (χ0) is 24.8. The summed E-state index contributed by atoms with van der Waals surface area (Å²) in [5.74, 6) is 1.04. The smallest absolute Gasteiger partial charge is 0.242 e. The van der Waals surface area contributed by atoms with Crippen molar-refractivity contribution in [1.29, 1.82) is 0 Å². The number of anilines is 1. The Balaban J connectivity index is 1.32. The van der Waals surface area contributed by atoms with E-state index in [0.717, 1.165) is 36.5 Å². The fourth-order valence-electron chi connectivity index (χ4n) is 4.52. The highest BCUT2D eigenvalue weighted by Crippen LogP contribution is 2.26. The van der Waals surface area contributed by atoms with E-state index in [1.807, 2.05) is 55.1 Å². The van der Waals surface area contributed by atoms with Gasteiger partial charge < -0.3 is 19.4 Å². The van der Waals surface area contributed by atoms with Gasteiger partial charge in [0.25, 0.3) is 0 Å². The van der Waals surface area contributed by atoms with Crippen molar-refractivity contribution < 1.29 is 14.3 Å². The number of halogens is 1. The molecule has 4 rings (SSSR count). The van der Waals surface area contributed by atoms with E-state index < -0.39 is 0 Å². The molecule has 35 heavy (non-hydrogen) atoms. The highest BCUT2D eigenvalue weighted by Gasteiger charge is 2.28. The van der Waals surface area contributed by atoms with E-state index in [4.69, 9.17) is 16.3 Å². The Hall–Kier alpha value is -2.71. The van der Waals surface area contributed by atoms with Crippen LogP contribution in [0.2, 0.25) is 5.02 Å². The fraction of sp³-hybridized carbons (Fsp3) is 0.538. The van der Waals surface area contributed by atoms with Gasteiger partial charge in [-0.05, 0) is 37.0 Å². The summed E-state index contributed by atoms with van der Waals surface area (Å²) in [4.78, 5) is 31.6. The van der Waals surface area contributed by atoms with Crippen molar-refractivity contribution in [2.24, 2.45) is 5.92 Å². The van der Waals surface area contributed by atoms with Gasteiger partial charge >= 0.3 is 0 Å². The third kappa shape index (κ3) is 6.70. The van der Waals surface area contributed by atoms with Gasteiger partial charge in [-0.3, -0.25) is 9.59 Å². The third-order valence-electron chi connectivity index (χ3n) is 6.47. The quantitative estimate of drug-likeness (QED) is 0.553. The minimum absolute atomic E-state index is 0.0140. The molecule has 0 spiro atoms. The largest absolute Gasteiger partial charge is 0.376 e. The van der Waals surface area contributed by atoms with Crippen molar-refractivity contribution in [1.82, 2.24) is 20.0 Å². The van der Waals surface area contributed by atoms with E-state index in [0.29, 0.717) is 44.2 Å². The van der Waals surface area contributed by atoms with Crippen molar-refractivity contribution in [2.45, 2.75) is 39.2 Å². The summed E-state index contributed by atoms with van der Waals surface area (Å²) in [7, 11) is 0. The monoisotopic (exact) mass is 499 g/mol. The normalized spacial score (nSPS) is 18.2. The molecule has 0 aliphatic carbocycles. The molecule has 0 N–H and O–H groups in total. The van der Waals surface area contributed by atoms with E-state index in [9.17, 15) is 9.59 Å². The van der Waals surface area contributed by atoms with E-state index in [1.165, 1.54) is 0 Å². The highest BCUT2D eigenvalue weighted by atomic mass is 35.5. The van der Waals surface area contributed by atoms with Gasteiger partial charge in [0.2, 0.25) is 11.8 Å². The van der Waals surface area contributed by atoms with E-state index in [2.05, 4.69) is 15.1 Å². The molecule has 2 amide bonds. The Morgan fingerprint density at radius 1 is 1.11 bits per heavy atom. The predicted molar refractivity (Wildman–Crippen MR) is 136 cm³/mol. The summed E-state index contributed by atoms with van der Waals surface area (Å²) < 4.78 is 5.73. The highest BCUT2D eigenvalue weighted by molar-refractivity contribution is 6.33. The molecular formula is C26H34ClN5O3. The molecule has 1 aromatic carbocycles. The summed E-state index contributed by atoms with van der Waals surface area (Å²) in [6.07, 6.45) is 2.42. The lowest BCUT2D eigenvalue weighted by Gasteiger charge is -2.36. The summed E-state index contributed by atoms with van der Waals surface area (Å²) in [6.45, 7) is 7.87. The van der Waals surface area contributed by atoms with Gasteiger partial charge in [-0.15, -0.1) is 10.2 Å². The van der Waals surface area contributed by atoms with Crippen LogP contribution < -0.4 is 4.90 Å². The maximum atomic E-state index is 13.1.